The molecule has 3 heterocycles. The first kappa shape index (κ1) is 16.5. The van der Waals surface area contributed by atoms with Gasteiger partial charge in [-0.25, -0.2) is 14.8 Å². The highest BCUT2D eigenvalue weighted by Crippen LogP contribution is 2.26. The predicted octanol–water partition coefficient (Wildman–Crippen LogP) is 1.90. The molecule has 0 amide bonds. The number of carboxylic acid groups (broad SMARTS) is 1. The minimum absolute atomic E-state index is 0.211. The highest BCUT2D eigenvalue weighted by molar-refractivity contribution is 6.03. The lowest BCUT2D eigenvalue weighted by Crippen LogP contribution is -2.30. The number of nitrogens with zero attached hydrogens (tertiary/aromatic N) is 2. The second-order valence-electron chi connectivity index (χ2n) is 6.24. The van der Waals surface area contributed by atoms with Gasteiger partial charge in [-0.15, -0.1) is 0 Å². The van der Waals surface area contributed by atoms with Crippen LogP contribution in [0.1, 0.15) is 22.5 Å². The Morgan fingerprint density at radius 3 is 3.08 bits per heavy atom. The van der Waals surface area contributed by atoms with Gasteiger partial charge in [0.1, 0.15) is 12.1 Å². The first-order valence-corrected chi connectivity index (χ1v) is 8.46. The van der Waals surface area contributed by atoms with E-state index in [4.69, 9.17) is 4.74 Å². The fourth-order valence-corrected chi connectivity index (χ4v) is 3.07. The lowest BCUT2D eigenvalue weighted by atomic mass is 10.1. The summed E-state index contributed by atoms with van der Waals surface area (Å²) in [4.78, 5) is 22.6. The van der Waals surface area contributed by atoms with Gasteiger partial charge in [0.2, 0.25) is 5.88 Å². The molecule has 2 aromatic heterocycles. The van der Waals surface area contributed by atoms with E-state index in [1.165, 1.54) is 12.5 Å². The number of H-pyrrole nitrogens is 1. The summed E-state index contributed by atoms with van der Waals surface area (Å²) in [6.45, 7) is 2.65. The first-order valence-electron chi connectivity index (χ1n) is 8.46. The number of nitrogens with one attached hydrogen (secondary N) is 3. The van der Waals surface area contributed by atoms with E-state index < -0.39 is 5.97 Å². The van der Waals surface area contributed by atoms with E-state index in [1.807, 2.05) is 0 Å². The van der Waals surface area contributed by atoms with E-state index in [-0.39, 0.29) is 5.56 Å². The summed E-state index contributed by atoms with van der Waals surface area (Å²) in [5, 5.41) is 16.6. The summed E-state index contributed by atoms with van der Waals surface area (Å²) in [5.41, 5.74) is 1.80. The number of carbonyl (C=O) groups is 1. The van der Waals surface area contributed by atoms with E-state index in [1.54, 1.807) is 24.3 Å². The molecule has 1 aliphatic heterocycles. The lowest BCUT2D eigenvalue weighted by Gasteiger charge is -2.11. The Bertz CT molecular complexity index is 933. The first-order chi connectivity index (χ1) is 12.7. The Hall–Kier alpha value is -2.97. The monoisotopic (exact) mass is 353 g/mol. The second-order valence-corrected chi connectivity index (χ2v) is 6.24. The molecule has 8 nitrogen and oxygen atoms in total. The molecule has 0 aliphatic carbocycles. The van der Waals surface area contributed by atoms with Crippen molar-refractivity contribution in [1.29, 1.82) is 0 Å². The molecular formula is C18H19N5O3. The standard InChI is InChI=1S/C18H19N5O3/c24-18(25)15-9-21-16-2-1-13(6-14(15)16)26-17-5-12(22-10-23-17)8-20-11-3-4-19-7-11/h1-2,5-6,9-11,19-21H,3-4,7-8H2,(H,24,25). The molecule has 0 radical (unpaired) electrons. The number of benzene rings is 1. The van der Waals surface area contributed by atoms with Crippen LogP contribution in [0.5, 0.6) is 11.6 Å². The molecule has 3 aromatic rings. The molecule has 1 saturated heterocycles. The van der Waals surface area contributed by atoms with Gasteiger partial charge in [-0.05, 0) is 31.2 Å². The maximum absolute atomic E-state index is 11.3. The van der Waals surface area contributed by atoms with Crippen LogP contribution in [0, 0.1) is 0 Å². The molecule has 1 atom stereocenters. The molecule has 4 rings (SSSR count). The number of aromatic carboxylic acids is 1. The van der Waals surface area contributed by atoms with Crippen LogP contribution in [-0.4, -0.2) is 45.2 Å². The Morgan fingerprint density at radius 2 is 2.27 bits per heavy atom. The highest BCUT2D eigenvalue weighted by Gasteiger charge is 2.14. The van der Waals surface area contributed by atoms with Crippen LogP contribution in [0.3, 0.4) is 0 Å². The fourth-order valence-electron chi connectivity index (χ4n) is 3.07. The Labute approximate surface area is 149 Å². The summed E-state index contributed by atoms with van der Waals surface area (Å²) in [7, 11) is 0. The third-order valence-corrected chi connectivity index (χ3v) is 4.44. The van der Waals surface area contributed by atoms with Crippen LogP contribution in [0.4, 0.5) is 0 Å². The van der Waals surface area contributed by atoms with E-state index in [2.05, 4.69) is 25.6 Å². The summed E-state index contributed by atoms with van der Waals surface area (Å²) in [6, 6.07) is 7.50. The van der Waals surface area contributed by atoms with E-state index in [9.17, 15) is 9.90 Å². The average Bonchev–Trinajstić information content (AvgIpc) is 3.29. The largest absolute Gasteiger partial charge is 0.478 e. The third-order valence-electron chi connectivity index (χ3n) is 4.44. The molecule has 1 aliphatic rings. The summed E-state index contributed by atoms with van der Waals surface area (Å²) in [5.74, 6) is -0.0319. The van der Waals surface area contributed by atoms with Gasteiger partial charge in [0, 0.05) is 42.3 Å². The quantitative estimate of drug-likeness (QED) is 0.535. The minimum atomic E-state index is -0.981. The number of rotatable bonds is 6. The maximum Gasteiger partial charge on any atom is 0.337 e. The highest BCUT2D eigenvalue weighted by atomic mass is 16.5. The molecule has 26 heavy (non-hydrogen) atoms. The number of carboxylic acids is 1. The van der Waals surface area contributed by atoms with Gasteiger partial charge >= 0.3 is 5.97 Å². The van der Waals surface area contributed by atoms with Crippen LogP contribution in [-0.2, 0) is 6.54 Å². The van der Waals surface area contributed by atoms with Gasteiger partial charge in [0.25, 0.3) is 0 Å². The van der Waals surface area contributed by atoms with E-state index >= 15 is 0 Å². The van der Waals surface area contributed by atoms with Gasteiger partial charge in [-0.3, -0.25) is 0 Å². The molecule has 4 N–H and O–H groups in total. The number of aromatic nitrogens is 3. The van der Waals surface area contributed by atoms with Crippen molar-refractivity contribution in [2.75, 3.05) is 13.1 Å². The van der Waals surface area contributed by atoms with Crippen LogP contribution in [0.15, 0.2) is 36.8 Å². The van der Waals surface area contributed by atoms with Gasteiger partial charge in [0.15, 0.2) is 0 Å². The normalized spacial score (nSPS) is 16.8. The minimum Gasteiger partial charge on any atom is -0.478 e. The average molecular weight is 353 g/mol. The molecule has 0 saturated carbocycles. The van der Waals surface area contributed by atoms with E-state index in [0.717, 1.165) is 30.7 Å². The Kier molecular flexibility index (Phi) is 4.51. The Balaban J connectivity index is 1.49. The number of hydrogen-bond acceptors (Lipinski definition) is 6. The summed E-state index contributed by atoms with van der Waals surface area (Å²) < 4.78 is 5.81. The van der Waals surface area contributed by atoms with Crippen molar-refractivity contribution >= 4 is 16.9 Å². The number of ether oxygens (including phenoxy) is 1. The van der Waals surface area contributed by atoms with Crippen LogP contribution in [0.2, 0.25) is 0 Å². The van der Waals surface area contributed by atoms with Crippen LogP contribution in [0.25, 0.3) is 10.9 Å². The lowest BCUT2D eigenvalue weighted by molar-refractivity contribution is 0.0699. The van der Waals surface area contributed by atoms with Crippen molar-refractivity contribution in [2.24, 2.45) is 0 Å². The predicted molar refractivity (Wildman–Crippen MR) is 95.5 cm³/mol. The SMILES string of the molecule is O=C(O)c1c[nH]c2ccc(Oc3cc(CNC4CCNC4)ncn3)cc12. The molecule has 0 bridgehead atoms. The summed E-state index contributed by atoms with van der Waals surface area (Å²) in [6.07, 6.45) is 4.05. The van der Waals surface area contributed by atoms with Gasteiger partial charge in [0.05, 0.1) is 11.3 Å². The molecule has 8 heteroatoms. The van der Waals surface area contributed by atoms with Crippen LogP contribution >= 0.6 is 0 Å². The van der Waals surface area contributed by atoms with Crippen LogP contribution < -0.4 is 15.4 Å². The van der Waals surface area contributed by atoms with Gasteiger partial charge < -0.3 is 25.5 Å². The van der Waals surface area contributed by atoms with Gasteiger partial charge in [-0.1, -0.05) is 0 Å². The van der Waals surface area contributed by atoms with Crippen molar-refractivity contribution in [3.8, 4) is 11.6 Å². The number of fused-ring (bicyclic) bond motifs is 1. The zero-order chi connectivity index (χ0) is 17.9. The summed E-state index contributed by atoms with van der Waals surface area (Å²) >= 11 is 0. The smallest absolute Gasteiger partial charge is 0.337 e. The van der Waals surface area contributed by atoms with Gasteiger partial charge in [-0.2, -0.15) is 0 Å². The van der Waals surface area contributed by atoms with Crippen molar-refractivity contribution in [1.82, 2.24) is 25.6 Å². The number of hydrogen-bond donors (Lipinski definition) is 4. The van der Waals surface area contributed by atoms with Crippen molar-refractivity contribution in [3.63, 3.8) is 0 Å². The number of aromatic amines is 1. The van der Waals surface area contributed by atoms with Crippen molar-refractivity contribution in [2.45, 2.75) is 19.0 Å². The topological polar surface area (TPSA) is 112 Å². The third kappa shape index (κ3) is 3.51. The molecule has 1 unspecified atom stereocenters. The molecule has 1 fully saturated rings. The molecule has 0 spiro atoms. The van der Waals surface area contributed by atoms with Crippen molar-refractivity contribution in [3.05, 3.63) is 48.0 Å². The Morgan fingerprint density at radius 1 is 1.35 bits per heavy atom. The molecule has 134 valence electrons. The van der Waals surface area contributed by atoms with E-state index in [0.29, 0.717) is 29.6 Å². The second kappa shape index (κ2) is 7.11. The maximum atomic E-state index is 11.3. The molecular weight excluding hydrogens is 334 g/mol. The fraction of sp³-hybridized carbons (Fsp3) is 0.278. The zero-order valence-corrected chi connectivity index (χ0v) is 14.0. The van der Waals surface area contributed by atoms with Crippen molar-refractivity contribution < 1.29 is 14.6 Å². The molecule has 1 aromatic carbocycles. The zero-order valence-electron chi connectivity index (χ0n) is 14.0.